The number of nitrogens with zero attached hydrogens (tertiary/aromatic N) is 3. The number of amides is 2. The molecule has 21 heavy (non-hydrogen) atoms. The van der Waals surface area contributed by atoms with Crippen molar-refractivity contribution in [1.29, 1.82) is 0 Å². The topological polar surface area (TPSA) is 67.2 Å². The minimum Gasteiger partial charge on any atom is -0.357 e. The molecule has 0 saturated carbocycles. The van der Waals surface area contributed by atoms with Gasteiger partial charge >= 0.3 is 0 Å². The Morgan fingerprint density at radius 2 is 2.38 bits per heavy atom. The Morgan fingerprint density at radius 1 is 1.52 bits per heavy atom. The molecule has 0 aromatic carbocycles. The van der Waals surface area contributed by atoms with E-state index in [-0.39, 0.29) is 11.8 Å². The van der Waals surface area contributed by atoms with Crippen molar-refractivity contribution in [2.24, 2.45) is 0 Å². The maximum atomic E-state index is 12.4. The lowest BCUT2D eigenvalue weighted by atomic mass is 10.1. The highest BCUT2D eigenvalue weighted by Gasteiger charge is 2.31. The first-order valence-corrected chi connectivity index (χ1v) is 7.64. The van der Waals surface area contributed by atoms with E-state index in [0.29, 0.717) is 19.5 Å². The van der Waals surface area contributed by atoms with Crippen molar-refractivity contribution in [2.45, 2.75) is 19.0 Å². The molecule has 0 radical (unpaired) electrons. The molecule has 0 saturated heterocycles. The van der Waals surface area contributed by atoms with Crippen molar-refractivity contribution in [3.05, 3.63) is 40.6 Å². The lowest BCUT2D eigenvalue weighted by Gasteiger charge is -2.33. The second-order valence-electron chi connectivity index (χ2n) is 5.00. The average molecular weight is 304 g/mol. The smallest absolute Gasteiger partial charge is 0.244 e. The van der Waals surface area contributed by atoms with Crippen LogP contribution in [0.2, 0.25) is 0 Å². The zero-order valence-corrected chi connectivity index (χ0v) is 12.5. The van der Waals surface area contributed by atoms with E-state index in [1.165, 1.54) is 0 Å². The average Bonchev–Trinajstić information content (AvgIpc) is 3.15. The van der Waals surface area contributed by atoms with Crippen LogP contribution in [0, 0.1) is 0 Å². The second-order valence-corrected chi connectivity index (χ2v) is 5.78. The van der Waals surface area contributed by atoms with Crippen molar-refractivity contribution < 1.29 is 9.59 Å². The zero-order chi connectivity index (χ0) is 14.8. The number of hydrogen-bond donors (Lipinski definition) is 1. The summed E-state index contributed by atoms with van der Waals surface area (Å²) in [5, 5.41) is 6.58. The predicted octanol–water partition coefficient (Wildman–Crippen LogP) is 0.817. The molecule has 1 N–H and O–H groups in total. The molecule has 2 amide bonds. The summed E-state index contributed by atoms with van der Waals surface area (Å²) >= 11 is 1.58. The molecule has 7 heteroatoms. The maximum absolute atomic E-state index is 12.4. The van der Waals surface area contributed by atoms with E-state index in [0.717, 1.165) is 11.3 Å². The number of carbonyl (C=O) groups excluding carboxylic acids is 2. The first kappa shape index (κ1) is 13.8. The summed E-state index contributed by atoms with van der Waals surface area (Å²) in [4.78, 5) is 30.3. The lowest BCUT2D eigenvalue weighted by molar-refractivity contribution is -0.134. The van der Waals surface area contributed by atoms with Gasteiger partial charge in [0.1, 0.15) is 6.04 Å². The molecule has 0 spiro atoms. The van der Waals surface area contributed by atoms with Crippen LogP contribution >= 0.6 is 11.3 Å². The fraction of sp³-hybridized carbons (Fsp3) is 0.357. The van der Waals surface area contributed by atoms with Gasteiger partial charge in [-0.25, -0.2) is 4.98 Å². The molecule has 0 fully saturated rings. The van der Waals surface area contributed by atoms with E-state index in [9.17, 15) is 9.59 Å². The molecular weight excluding hydrogens is 288 g/mol. The quantitative estimate of drug-likeness (QED) is 0.913. The van der Waals surface area contributed by atoms with Crippen LogP contribution in [0.1, 0.15) is 17.3 Å². The summed E-state index contributed by atoms with van der Waals surface area (Å²) in [6.07, 6.45) is 3.73. The number of likely N-dealkylation sites (N-methyl/N-ethyl adjacent to an activating group) is 1. The summed E-state index contributed by atoms with van der Waals surface area (Å²) in [7, 11) is 1.60. The van der Waals surface area contributed by atoms with Gasteiger partial charge in [0, 0.05) is 13.2 Å². The Kier molecular flexibility index (Phi) is 3.74. The van der Waals surface area contributed by atoms with Crippen LogP contribution in [0.3, 0.4) is 0 Å². The van der Waals surface area contributed by atoms with Crippen molar-refractivity contribution >= 4 is 23.2 Å². The first-order chi connectivity index (χ1) is 10.2. The minimum atomic E-state index is -0.410. The molecule has 0 bridgehead atoms. The molecule has 1 aliphatic heterocycles. The number of hydrogen-bond acceptors (Lipinski definition) is 4. The normalized spacial score (nSPS) is 17.4. The molecule has 6 nitrogen and oxygen atoms in total. The standard InChI is InChI=1S/C14H16N4O2S/c1-15-14(20)12-7-17(6-11-5-16-9-18(11)12)13(19)4-10-2-3-21-8-10/h2-3,5,8-9,12H,4,6-7H2,1H3,(H,15,20). The number of nitrogens with one attached hydrogen (secondary N) is 1. The number of imidazole rings is 1. The Hall–Kier alpha value is -2.15. The Bertz CT molecular complexity index is 650. The highest BCUT2D eigenvalue weighted by atomic mass is 32.1. The van der Waals surface area contributed by atoms with Gasteiger partial charge in [0.2, 0.25) is 11.8 Å². The van der Waals surface area contributed by atoms with Crippen LogP contribution in [-0.2, 0) is 22.6 Å². The molecule has 1 atom stereocenters. The second kappa shape index (κ2) is 5.69. The van der Waals surface area contributed by atoms with Crippen molar-refractivity contribution in [3.63, 3.8) is 0 Å². The fourth-order valence-electron chi connectivity index (χ4n) is 2.54. The van der Waals surface area contributed by atoms with Gasteiger partial charge in [-0.1, -0.05) is 0 Å². The Morgan fingerprint density at radius 3 is 3.10 bits per heavy atom. The molecule has 2 aromatic heterocycles. The summed E-state index contributed by atoms with van der Waals surface area (Å²) in [6.45, 7) is 0.877. The van der Waals surface area contributed by atoms with Crippen LogP contribution < -0.4 is 5.32 Å². The van der Waals surface area contributed by atoms with Crippen LogP contribution in [-0.4, -0.2) is 39.9 Å². The number of fused-ring (bicyclic) bond motifs is 1. The van der Waals surface area contributed by atoms with E-state index in [4.69, 9.17) is 0 Å². The molecule has 3 heterocycles. The summed E-state index contributed by atoms with van der Waals surface area (Å²) in [5.74, 6) is -0.0722. The van der Waals surface area contributed by atoms with Crippen LogP contribution in [0.5, 0.6) is 0 Å². The minimum absolute atomic E-state index is 0.0368. The van der Waals surface area contributed by atoms with Crippen molar-refractivity contribution in [1.82, 2.24) is 19.8 Å². The molecule has 3 rings (SSSR count). The number of rotatable bonds is 3. The third-order valence-corrected chi connectivity index (χ3v) is 4.40. The fourth-order valence-corrected chi connectivity index (χ4v) is 3.21. The Balaban J connectivity index is 1.79. The van der Waals surface area contributed by atoms with Crippen LogP contribution in [0.15, 0.2) is 29.4 Å². The van der Waals surface area contributed by atoms with E-state index >= 15 is 0 Å². The molecule has 110 valence electrons. The Labute approximate surface area is 126 Å². The lowest BCUT2D eigenvalue weighted by Crippen LogP contribution is -2.46. The van der Waals surface area contributed by atoms with Gasteiger partial charge in [-0.15, -0.1) is 0 Å². The SMILES string of the molecule is CNC(=O)C1CN(C(=O)Cc2ccsc2)Cc2cncn21. The molecule has 0 aliphatic carbocycles. The van der Waals surface area contributed by atoms with Gasteiger partial charge in [-0.2, -0.15) is 11.3 Å². The molecule has 2 aromatic rings. The number of aromatic nitrogens is 2. The molecule has 1 aliphatic rings. The highest BCUT2D eigenvalue weighted by Crippen LogP contribution is 2.22. The zero-order valence-electron chi connectivity index (χ0n) is 11.7. The van der Waals surface area contributed by atoms with Crippen LogP contribution in [0.4, 0.5) is 0 Å². The predicted molar refractivity (Wildman–Crippen MR) is 78.8 cm³/mol. The molecular formula is C14H16N4O2S. The highest BCUT2D eigenvalue weighted by molar-refractivity contribution is 7.07. The van der Waals surface area contributed by atoms with Crippen molar-refractivity contribution in [3.8, 4) is 0 Å². The van der Waals surface area contributed by atoms with E-state index in [1.807, 2.05) is 21.4 Å². The third kappa shape index (κ3) is 2.69. The van der Waals surface area contributed by atoms with Gasteiger partial charge in [0.05, 0.1) is 31.5 Å². The number of thiophene rings is 1. The van der Waals surface area contributed by atoms with Gasteiger partial charge in [0.25, 0.3) is 0 Å². The molecule has 1 unspecified atom stereocenters. The van der Waals surface area contributed by atoms with Crippen LogP contribution in [0.25, 0.3) is 0 Å². The van der Waals surface area contributed by atoms with Gasteiger partial charge in [0.15, 0.2) is 0 Å². The van der Waals surface area contributed by atoms with Crippen molar-refractivity contribution in [2.75, 3.05) is 13.6 Å². The van der Waals surface area contributed by atoms with Gasteiger partial charge in [-0.05, 0) is 22.4 Å². The first-order valence-electron chi connectivity index (χ1n) is 6.70. The van der Waals surface area contributed by atoms with E-state index in [1.54, 1.807) is 35.8 Å². The summed E-state index contributed by atoms with van der Waals surface area (Å²) < 4.78 is 1.84. The van der Waals surface area contributed by atoms with E-state index in [2.05, 4.69) is 10.3 Å². The summed E-state index contributed by atoms with van der Waals surface area (Å²) in [6, 6.07) is 1.54. The van der Waals surface area contributed by atoms with Gasteiger partial charge in [-0.3, -0.25) is 9.59 Å². The monoisotopic (exact) mass is 304 g/mol. The summed E-state index contributed by atoms with van der Waals surface area (Å²) in [5.41, 5.74) is 1.90. The van der Waals surface area contributed by atoms with E-state index < -0.39 is 6.04 Å². The third-order valence-electron chi connectivity index (χ3n) is 3.67. The largest absolute Gasteiger partial charge is 0.357 e. The number of carbonyl (C=O) groups is 2. The van der Waals surface area contributed by atoms with Gasteiger partial charge < -0.3 is 14.8 Å². The maximum Gasteiger partial charge on any atom is 0.244 e.